The topological polar surface area (TPSA) is 77.7 Å². The average Bonchev–Trinajstić information content (AvgIpc) is 2.43. The van der Waals surface area contributed by atoms with Crippen LogP contribution in [-0.2, 0) is 0 Å². The molecule has 2 aromatic rings. The molecule has 1 aromatic heterocycles. The van der Waals surface area contributed by atoms with Crippen LogP contribution in [0.3, 0.4) is 0 Å². The Bertz CT molecular complexity index is 709. The largest absolute Gasteiger partial charge is 0.507 e. The Balaban J connectivity index is 2.61. The molecule has 0 amide bonds. The Kier molecular flexibility index (Phi) is 4.71. The maximum absolute atomic E-state index is 10.1. The zero-order chi connectivity index (χ0) is 16.3. The molecule has 0 atom stereocenters. The van der Waals surface area contributed by atoms with E-state index in [2.05, 4.69) is 31.4 Å². The summed E-state index contributed by atoms with van der Waals surface area (Å²) < 4.78 is 0.791. The Morgan fingerprint density at radius 3 is 2.55 bits per heavy atom. The number of benzene rings is 1. The SMILES string of the molecule is CC(C)(C)N/N=C(/c1cc(Br)ccc1O)c1ncccc1O. The summed E-state index contributed by atoms with van der Waals surface area (Å²) in [7, 11) is 0. The number of hydrazone groups is 1. The lowest BCUT2D eigenvalue weighted by molar-refractivity contribution is 0.439. The van der Waals surface area contributed by atoms with Gasteiger partial charge in [-0.2, -0.15) is 5.10 Å². The Labute approximate surface area is 137 Å². The summed E-state index contributed by atoms with van der Waals surface area (Å²) in [6, 6.07) is 8.18. The van der Waals surface area contributed by atoms with Gasteiger partial charge in [-0.25, -0.2) is 0 Å². The number of phenols is 1. The summed E-state index contributed by atoms with van der Waals surface area (Å²) in [6.07, 6.45) is 1.57. The summed E-state index contributed by atoms with van der Waals surface area (Å²) in [6.45, 7) is 5.90. The molecule has 0 unspecified atom stereocenters. The van der Waals surface area contributed by atoms with Gasteiger partial charge in [0.1, 0.15) is 22.9 Å². The minimum atomic E-state index is -0.267. The third-order valence-electron chi connectivity index (χ3n) is 2.73. The lowest BCUT2D eigenvalue weighted by Crippen LogP contribution is -2.32. The van der Waals surface area contributed by atoms with Gasteiger partial charge in [0.05, 0.1) is 0 Å². The van der Waals surface area contributed by atoms with Gasteiger partial charge in [0, 0.05) is 21.8 Å². The van der Waals surface area contributed by atoms with E-state index in [4.69, 9.17) is 0 Å². The number of halogens is 1. The third-order valence-corrected chi connectivity index (χ3v) is 3.22. The molecule has 0 bridgehead atoms. The first-order valence-electron chi connectivity index (χ1n) is 6.76. The smallest absolute Gasteiger partial charge is 0.143 e. The van der Waals surface area contributed by atoms with E-state index in [0.717, 1.165) is 4.47 Å². The van der Waals surface area contributed by atoms with Gasteiger partial charge in [-0.3, -0.25) is 4.98 Å². The van der Waals surface area contributed by atoms with E-state index in [-0.39, 0.29) is 17.0 Å². The van der Waals surface area contributed by atoms with Crippen LogP contribution in [0.5, 0.6) is 11.5 Å². The van der Waals surface area contributed by atoms with Crippen molar-refractivity contribution in [3.05, 3.63) is 52.3 Å². The highest BCUT2D eigenvalue weighted by molar-refractivity contribution is 9.10. The number of hydrogen-bond acceptors (Lipinski definition) is 5. The van der Waals surface area contributed by atoms with Crippen LogP contribution in [0, 0.1) is 0 Å². The highest BCUT2D eigenvalue weighted by Gasteiger charge is 2.18. The standard InChI is InChI=1S/C16H18BrN3O2/c1-16(2,3)20-19-14(15-13(22)5-4-8-18-15)11-9-10(17)6-7-12(11)21/h4-9,20-22H,1-3H3/b19-14-. The summed E-state index contributed by atoms with van der Waals surface area (Å²) in [5.74, 6) is 0.0547. The molecule has 0 spiro atoms. The lowest BCUT2D eigenvalue weighted by Gasteiger charge is -2.19. The third kappa shape index (κ3) is 3.98. The van der Waals surface area contributed by atoms with E-state index in [1.807, 2.05) is 20.8 Å². The van der Waals surface area contributed by atoms with Crippen LogP contribution in [0.2, 0.25) is 0 Å². The molecule has 1 aromatic carbocycles. The lowest BCUT2D eigenvalue weighted by atomic mass is 10.0. The average molecular weight is 364 g/mol. The molecule has 0 aliphatic rings. The number of hydrogen-bond donors (Lipinski definition) is 3. The van der Waals surface area contributed by atoms with E-state index < -0.39 is 0 Å². The Morgan fingerprint density at radius 2 is 1.91 bits per heavy atom. The molecule has 0 aliphatic carbocycles. The van der Waals surface area contributed by atoms with Crippen molar-refractivity contribution in [2.45, 2.75) is 26.3 Å². The summed E-state index contributed by atoms with van der Waals surface area (Å²) >= 11 is 3.38. The fourth-order valence-corrected chi connectivity index (χ4v) is 2.10. The molecule has 6 heteroatoms. The number of nitrogens with one attached hydrogen (secondary N) is 1. The van der Waals surface area contributed by atoms with Crippen molar-refractivity contribution in [3.63, 3.8) is 0 Å². The van der Waals surface area contributed by atoms with E-state index in [1.54, 1.807) is 30.5 Å². The first-order chi connectivity index (χ1) is 10.3. The molecule has 0 fully saturated rings. The number of aromatic nitrogens is 1. The van der Waals surface area contributed by atoms with Crippen LogP contribution in [0.1, 0.15) is 32.0 Å². The van der Waals surface area contributed by atoms with Crippen molar-refractivity contribution >= 4 is 21.6 Å². The minimum absolute atomic E-state index is 0.00339. The Morgan fingerprint density at radius 1 is 1.18 bits per heavy atom. The highest BCUT2D eigenvalue weighted by Crippen LogP contribution is 2.27. The molecular formula is C16H18BrN3O2. The monoisotopic (exact) mass is 363 g/mol. The number of pyridine rings is 1. The van der Waals surface area contributed by atoms with Gasteiger partial charge in [-0.15, -0.1) is 0 Å². The quantitative estimate of drug-likeness (QED) is 0.576. The van der Waals surface area contributed by atoms with Crippen LogP contribution in [-0.4, -0.2) is 26.4 Å². The predicted molar refractivity (Wildman–Crippen MR) is 90.2 cm³/mol. The molecule has 0 saturated carbocycles. The highest BCUT2D eigenvalue weighted by atomic mass is 79.9. The molecular weight excluding hydrogens is 346 g/mol. The van der Waals surface area contributed by atoms with Crippen LogP contribution in [0.15, 0.2) is 46.1 Å². The second-order valence-corrected chi connectivity index (χ2v) is 6.77. The zero-order valence-corrected chi connectivity index (χ0v) is 14.2. The van der Waals surface area contributed by atoms with Crippen molar-refractivity contribution in [2.75, 3.05) is 0 Å². The van der Waals surface area contributed by atoms with Crippen molar-refractivity contribution in [2.24, 2.45) is 5.10 Å². The summed E-state index contributed by atoms with van der Waals surface area (Å²) in [5, 5.41) is 24.6. The molecule has 2 rings (SSSR count). The zero-order valence-electron chi connectivity index (χ0n) is 12.6. The van der Waals surface area contributed by atoms with E-state index in [0.29, 0.717) is 17.0 Å². The van der Waals surface area contributed by atoms with E-state index in [1.165, 1.54) is 6.07 Å². The maximum atomic E-state index is 10.1. The van der Waals surface area contributed by atoms with E-state index >= 15 is 0 Å². The number of rotatable bonds is 3. The fraction of sp³-hybridized carbons (Fsp3) is 0.250. The van der Waals surface area contributed by atoms with Gasteiger partial charge in [-0.05, 0) is 51.1 Å². The van der Waals surface area contributed by atoms with Crippen LogP contribution >= 0.6 is 15.9 Å². The molecule has 3 N–H and O–H groups in total. The van der Waals surface area contributed by atoms with Crippen molar-refractivity contribution in [1.29, 1.82) is 0 Å². The first kappa shape index (κ1) is 16.3. The number of nitrogens with zero attached hydrogens (tertiary/aromatic N) is 2. The van der Waals surface area contributed by atoms with Crippen molar-refractivity contribution < 1.29 is 10.2 Å². The molecule has 22 heavy (non-hydrogen) atoms. The minimum Gasteiger partial charge on any atom is -0.507 e. The molecule has 0 aliphatic heterocycles. The van der Waals surface area contributed by atoms with Crippen LogP contribution in [0.4, 0.5) is 0 Å². The number of aromatic hydroxyl groups is 2. The second-order valence-electron chi connectivity index (χ2n) is 5.85. The van der Waals surface area contributed by atoms with Gasteiger partial charge in [0.25, 0.3) is 0 Å². The second kappa shape index (κ2) is 6.36. The molecule has 0 radical (unpaired) electrons. The van der Waals surface area contributed by atoms with Crippen LogP contribution in [0.25, 0.3) is 0 Å². The Hall–Kier alpha value is -2.08. The van der Waals surface area contributed by atoms with Gasteiger partial charge in [0.15, 0.2) is 0 Å². The first-order valence-corrected chi connectivity index (χ1v) is 7.55. The fourth-order valence-electron chi connectivity index (χ4n) is 1.74. The molecule has 0 saturated heterocycles. The van der Waals surface area contributed by atoms with Gasteiger partial charge >= 0.3 is 0 Å². The summed E-state index contributed by atoms with van der Waals surface area (Å²) in [4.78, 5) is 4.18. The number of phenolic OH excluding ortho intramolecular Hbond substituents is 1. The van der Waals surface area contributed by atoms with Crippen molar-refractivity contribution in [1.82, 2.24) is 10.4 Å². The normalized spacial score (nSPS) is 12.3. The van der Waals surface area contributed by atoms with Gasteiger partial charge in [-0.1, -0.05) is 15.9 Å². The summed E-state index contributed by atoms with van der Waals surface area (Å²) in [5.41, 5.74) is 3.88. The van der Waals surface area contributed by atoms with Gasteiger partial charge in [0.2, 0.25) is 0 Å². The maximum Gasteiger partial charge on any atom is 0.143 e. The van der Waals surface area contributed by atoms with E-state index in [9.17, 15) is 10.2 Å². The van der Waals surface area contributed by atoms with Gasteiger partial charge < -0.3 is 15.6 Å². The predicted octanol–water partition coefficient (Wildman–Crippen LogP) is 3.40. The van der Waals surface area contributed by atoms with Crippen LogP contribution < -0.4 is 5.43 Å². The molecule has 116 valence electrons. The molecule has 5 nitrogen and oxygen atoms in total. The molecule has 1 heterocycles. The van der Waals surface area contributed by atoms with Crippen molar-refractivity contribution in [3.8, 4) is 11.5 Å².